The number of rotatable bonds is 4. The Balaban J connectivity index is 0.00000220. The molecule has 0 saturated heterocycles. The van der Waals surface area contributed by atoms with Crippen molar-refractivity contribution >= 4 is 29.9 Å². The van der Waals surface area contributed by atoms with Gasteiger partial charge in [-0.25, -0.2) is 4.39 Å². The zero-order chi connectivity index (χ0) is 14.5. The second kappa shape index (κ2) is 8.57. The summed E-state index contributed by atoms with van der Waals surface area (Å²) in [6.07, 6.45) is 5.74. The van der Waals surface area contributed by atoms with E-state index in [-0.39, 0.29) is 29.0 Å². The summed E-state index contributed by atoms with van der Waals surface area (Å²) in [7, 11) is 0. The highest BCUT2D eigenvalue weighted by Gasteiger charge is 2.25. The number of benzene rings is 1. The van der Waals surface area contributed by atoms with Gasteiger partial charge in [-0.05, 0) is 37.0 Å². The molecule has 1 aliphatic carbocycles. The van der Waals surface area contributed by atoms with Crippen LogP contribution in [0.4, 0.5) is 4.39 Å². The van der Waals surface area contributed by atoms with Crippen LogP contribution in [0.2, 0.25) is 5.02 Å². The smallest absolute Gasteiger partial charge is 0.254 e. The molecule has 0 radical (unpaired) electrons. The Morgan fingerprint density at radius 3 is 2.62 bits per heavy atom. The van der Waals surface area contributed by atoms with Gasteiger partial charge in [-0.15, -0.1) is 12.4 Å². The number of halogens is 3. The van der Waals surface area contributed by atoms with Crippen molar-refractivity contribution in [1.82, 2.24) is 5.32 Å². The van der Waals surface area contributed by atoms with E-state index in [1.807, 2.05) is 0 Å². The zero-order valence-electron chi connectivity index (χ0n) is 11.8. The van der Waals surface area contributed by atoms with Crippen LogP contribution in [0.3, 0.4) is 0 Å². The molecule has 0 aliphatic heterocycles. The normalized spacial score (nSPS) is 16.9. The van der Waals surface area contributed by atoms with Crippen LogP contribution in [0.1, 0.15) is 42.5 Å². The van der Waals surface area contributed by atoms with Gasteiger partial charge in [0.2, 0.25) is 0 Å². The molecule has 0 bridgehead atoms. The first-order valence-corrected chi connectivity index (χ1v) is 7.45. The fourth-order valence-corrected chi connectivity index (χ4v) is 2.98. The Morgan fingerprint density at radius 2 is 2.05 bits per heavy atom. The molecule has 2 rings (SSSR count). The molecule has 1 unspecified atom stereocenters. The van der Waals surface area contributed by atoms with E-state index >= 15 is 0 Å². The Kier molecular flexibility index (Phi) is 7.43. The van der Waals surface area contributed by atoms with Crippen LogP contribution in [0, 0.1) is 11.7 Å². The standard InChI is InChI=1S/C15H20ClFN2O.ClH/c16-11-6-7-12(13(17)8-11)15(20)19-14(9-18)10-4-2-1-3-5-10;/h6-8,10,14H,1-5,9,18H2,(H,19,20);1H. The van der Waals surface area contributed by atoms with E-state index in [9.17, 15) is 9.18 Å². The lowest BCUT2D eigenvalue weighted by atomic mass is 9.84. The van der Waals surface area contributed by atoms with Gasteiger partial charge >= 0.3 is 0 Å². The van der Waals surface area contributed by atoms with Crippen LogP contribution in [0.25, 0.3) is 0 Å². The number of carbonyl (C=O) groups excluding carboxylic acids is 1. The Labute approximate surface area is 135 Å². The number of amides is 1. The highest BCUT2D eigenvalue weighted by molar-refractivity contribution is 6.30. The predicted molar refractivity (Wildman–Crippen MR) is 85.5 cm³/mol. The van der Waals surface area contributed by atoms with Gasteiger partial charge in [-0.2, -0.15) is 0 Å². The average Bonchev–Trinajstić information content (AvgIpc) is 2.45. The van der Waals surface area contributed by atoms with Crippen molar-refractivity contribution in [2.45, 2.75) is 38.1 Å². The summed E-state index contributed by atoms with van der Waals surface area (Å²) in [5.41, 5.74) is 5.78. The maximum atomic E-state index is 13.7. The van der Waals surface area contributed by atoms with Gasteiger partial charge in [0.05, 0.1) is 5.56 Å². The lowest BCUT2D eigenvalue weighted by molar-refractivity contribution is 0.0911. The quantitative estimate of drug-likeness (QED) is 0.884. The largest absolute Gasteiger partial charge is 0.348 e. The highest BCUT2D eigenvalue weighted by Crippen LogP contribution is 2.26. The van der Waals surface area contributed by atoms with E-state index in [2.05, 4.69) is 5.32 Å². The lowest BCUT2D eigenvalue weighted by Crippen LogP contribution is -2.46. The van der Waals surface area contributed by atoms with Gasteiger partial charge < -0.3 is 11.1 Å². The Hall–Kier alpha value is -0.840. The average molecular weight is 335 g/mol. The van der Waals surface area contributed by atoms with Gasteiger partial charge in [0.15, 0.2) is 0 Å². The zero-order valence-corrected chi connectivity index (χ0v) is 13.4. The Morgan fingerprint density at radius 1 is 1.38 bits per heavy atom. The number of nitrogens with one attached hydrogen (secondary N) is 1. The van der Waals surface area contributed by atoms with Gasteiger partial charge in [-0.1, -0.05) is 30.9 Å². The molecular weight excluding hydrogens is 314 g/mol. The van der Waals surface area contributed by atoms with Crippen LogP contribution in [0.15, 0.2) is 18.2 Å². The van der Waals surface area contributed by atoms with Crippen LogP contribution < -0.4 is 11.1 Å². The second-order valence-corrected chi connectivity index (χ2v) is 5.77. The molecule has 1 aliphatic rings. The van der Waals surface area contributed by atoms with Gasteiger partial charge in [-0.3, -0.25) is 4.79 Å². The van der Waals surface area contributed by atoms with Crippen molar-refractivity contribution in [1.29, 1.82) is 0 Å². The minimum absolute atomic E-state index is 0. The van der Waals surface area contributed by atoms with Gasteiger partial charge in [0.1, 0.15) is 5.82 Å². The molecule has 6 heteroatoms. The van der Waals surface area contributed by atoms with E-state index in [0.29, 0.717) is 12.5 Å². The minimum Gasteiger partial charge on any atom is -0.348 e. The van der Waals surface area contributed by atoms with E-state index in [0.717, 1.165) is 18.9 Å². The molecule has 118 valence electrons. The molecule has 1 fully saturated rings. The number of hydrogen-bond donors (Lipinski definition) is 2. The van der Waals surface area contributed by atoms with Crippen LogP contribution in [-0.4, -0.2) is 18.5 Å². The molecule has 1 saturated carbocycles. The number of hydrogen-bond acceptors (Lipinski definition) is 2. The first kappa shape index (κ1) is 18.2. The molecule has 0 heterocycles. The Bertz CT molecular complexity index is 479. The number of carbonyl (C=O) groups is 1. The van der Waals surface area contributed by atoms with Crippen LogP contribution in [-0.2, 0) is 0 Å². The molecular formula is C15H21Cl2FN2O. The van der Waals surface area contributed by atoms with Crippen molar-refractivity contribution in [3.8, 4) is 0 Å². The molecule has 3 nitrogen and oxygen atoms in total. The second-order valence-electron chi connectivity index (χ2n) is 5.34. The molecule has 0 spiro atoms. The number of nitrogens with two attached hydrogens (primary N) is 1. The maximum absolute atomic E-state index is 13.7. The van der Waals surface area contributed by atoms with Gasteiger partial charge in [0, 0.05) is 17.6 Å². The molecule has 21 heavy (non-hydrogen) atoms. The third kappa shape index (κ3) is 4.83. The van der Waals surface area contributed by atoms with Crippen LogP contribution >= 0.6 is 24.0 Å². The SMILES string of the molecule is Cl.NCC(NC(=O)c1ccc(Cl)cc1F)C1CCCCC1. The summed E-state index contributed by atoms with van der Waals surface area (Å²) >= 11 is 5.68. The fraction of sp³-hybridized carbons (Fsp3) is 0.533. The molecule has 1 aromatic rings. The van der Waals surface area contributed by atoms with E-state index in [1.54, 1.807) is 0 Å². The molecule has 1 amide bonds. The summed E-state index contributed by atoms with van der Waals surface area (Å²) in [4.78, 5) is 12.1. The highest BCUT2D eigenvalue weighted by atomic mass is 35.5. The minimum atomic E-state index is -0.602. The summed E-state index contributed by atoms with van der Waals surface area (Å²) in [6.45, 7) is 0.381. The predicted octanol–water partition coefficient (Wildman–Crippen LogP) is 3.54. The van der Waals surface area contributed by atoms with Crippen molar-refractivity contribution < 1.29 is 9.18 Å². The summed E-state index contributed by atoms with van der Waals surface area (Å²) < 4.78 is 13.7. The molecule has 1 atom stereocenters. The van der Waals surface area contributed by atoms with Crippen molar-refractivity contribution in [2.75, 3.05) is 6.54 Å². The molecule has 1 aromatic carbocycles. The van der Waals surface area contributed by atoms with Crippen molar-refractivity contribution in [2.24, 2.45) is 11.7 Å². The third-order valence-electron chi connectivity index (χ3n) is 3.97. The molecule has 3 N–H and O–H groups in total. The van der Waals surface area contributed by atoms with E-state index in [1.165, 1.54) is 31.4 Å². The van der Waals surface area contributed by atoms with E-state index in [4.69, 9.17) is 17.3 Å². The van der Waals surface area contributed by atoms with E-state index < -0.39 is 11.7 Å². The first-order valence-electron chi connectivity index (χ1n) is 7.08. The monoisotopic (exact) mass is 334 g/mol. The van der Waals surface area contributed by atoms with Crippen molar-refractivity contribution in [3.63, 3.8) is 0 Å². The molecule has 0 aromatic heterocycles. The van der Waals surface area contributed by atoms with Crippen molar-refractivity contribution in [3.05, 3.63) is 34.6 Å². The summed E-state index contributed by atoms with van der Waals surface area (Å²) in [6, 6.07) is 3.98. The summed E-state index contributed by atoms with van der Waals surface area (Å²) in [5.74, 6) is -0.623. The van der Waals surface area contributed by atoms with Crippen LogP contribution in [0.5, 0.6) is 0 Å². The summed E-state index contributed by atoms with van der Waals surface area (Å²) in [5, 5.41) is 3.15. The maximum Gasteiger partial charge on any atom is 0.254 e. The topological polar surface area (TPSA) is 55.1 Å². The fourth-order valence-electron chi connectivity index (χ4n) is 2.83. The lowest BCUT2D eigenvalue weighted by Gasteiger charge is -2.30. The van der Waals surface area contributed by atoms with Gasteiger partial charge in [0.25, 0.3) is 5.91 Å². The third-order valence-corrected chi connectivity index (χ3v) is 4.20. The first-order chi connectivity index (χ1) is 9.61.